The molecule has 1 aliphatic rings. The molecule has 10 heteroatoms. The van der Waals surface area contributed by atoms with Crippen LogP contribution in [0.25, 0.3) is 16.9 Å². The maximum absolute atomic E-state index is 11.8. The molecule has 32 heavy (non-hydrogen) atoms. The van der Waals surface area contributed by atoms with Gasteiger partial charge in [0.2, 0.25) is 10.0 Å². The van der Waals surface area contributed by atoms with E-state index in [-0.39, 0.29) is 11.8 Å². The van der Waals surface area contributed by atoms with Crippen LogP contribution in [0, 0.1) is 0 Å². The van der Waals surface area contributed by atoms with Crippen LogP contribution in [-0.4, -0.2) is 56.9 Å². The Morgan fingerprint density at radius 2 is 1.88 bits per heavy atom. The smallest absolute Gasteiger partial charge is 0.211 e. The molecule has 1 aromatic carbocycles. The molecular weight excluding hydrogens is 452 g/mol. The number of fused-ring (bicyclic) bond motifs is 1. The van der Waals surface area contributed by atoms with Crippen molar-refractivity contribution in [1.29, 1.82) is 0 Å². The number of hydrogen-bond donors (Lipinski definition) is 1. The Kier molecular flexibility index (Phi) is 6.50. The lowest BCUT2D eigenvalue weighted by molar-refractivity contribution is 0.395. The molecule has 0 atom stereocenters. The number of rotatable bonds is 7. The number of nitrogens with one attached hydrogen (secondary N) is 1. The first-order chi connectivity index (χ1) is 15.3. The summed E-state index contributed by atoms with van der Waals surface area (Å²) in [5.74, 6) is 1.28. The van der Waals surface area contributed by atoms with Crippen molar-refractivity contribution in [3.8, 4) is 22.8 Å². The van der Waals surface area contributed by atoms with Crippen molar-refractivity contribution in [2.24, 2.45) is 0 Å². The number of benzene rings is 1. The van der Waals surface area contributed by atoms with Crippen molar-refractivity contribution in [3.05, 3.63) is 41.7 Å². The number of anilines is 1. The van der Waals surface area contributed by atoms with E-state index < -0.39 is 10.0 Å². The Balaban J connectivity index is 1.55. The van der Waals surface area contributed by atoms with Crippen LogP contribution in [0.15, 0.2) is 36.7 Å². The van der Waals surface area contributed by atoms with Crippen molar-refractivity contribution in [2.45, 2.75) is 25.8 Å². The van der Waals surface area contributed by atoms with Crippen LogP contribution in [0.2, 0.25) is 5.02 Å². The van der Waals surface area contributed by atoms with Gasteiger partial charge in [0.25, 0.3) is 0 Å². The maximum atomic E-state index is 11.8. The molecule has 0 bridgehead atoms. The van der Waals surface area contributed by atoms with E-state index in [0.29, 0.717) is 16.5 Å². The van der Waals surface area contributed by atoms with Crippen LogP contribution < -0.4 is 19.1 Å². The van der Waals surface area contributed by atoms with E-state index in [1.54, 1.807) is 33.3 Å². The summed E-state index contributed by atoms with van der Waals surface area (Å²) in [6.45, 7) is 3.21. The van der Waals surface area contributed by atoms with Crippen LogP contribution in [0.4, 0.5) is 5.69 Å². The summed E-state index contributed by atoms with van der Waals surface area (Å²) >= 11 is 6.33. The number of halogens is 1. The van der Waals surface area contributed by atoms with Gasteiger partial charge < -0.3 is 18.8 Å². The van der Waals surface area contributed by atoms with E-state index in [1.165, 1.54) is 0 Å². The summed E-state index contributed by atoms with van der Waals surface area (Å²) < 4.78 is 39.2. The van der Waals surface area contributed by atoms with Gasteiger partial charge in [0.05, 0.1) is 30.7 Å². The number of aromatic nitrogens is 2. The Bertz CT molecular complexity index is 1220. The van der Waals surface area contributed by atoms with E-state index in [4.69, 9.17) is 26.1 Å². The monoisotopic (exact) mass is 478 g/mol. The fourth-order valence-corrected chi connectivity index (χ4v) is 5.10. The molecule has 3 heterocycles. The minimum absolute atomic E-state index is 0.00903. The molecule has 172 valence electrons. The molecular formula is C22H27ClN4O4S. The molecule has 0 aliphatic carbocycles. The maximum Gasteiger partial charge on any atom is 0.211 e. The van der Waals surface area contributed by atoms with E-state index in [0.717, 1.165) is 48.5 Å². The second-order valence-corrected chi connectivity index (χ2v) is 10.2. The first kappa shape index (κ1) is 22.7. The number of nitrogens with zero attached hydrogens (tertiary/aromatic N) is 3. The summed E-state index contributed by atoms with van der Waals surface area (Å²) in [6, 6.07) is 7.63. The summed E-state index contributed by atoms with van der Waals surface area (Å²) in [5, 5.41) is 0.489. The number of methoxy groups -OCH3 is 2. The number of pyridine rings is 1. The zero-order chi connectivity index (χ0) is 22.9. The summed E-state index contributed by atoms with van der Waals surface area (Å²) in [4.78, 5) is 7.04. The fraction of sp³-hybridized carbons (Fsp3) is 0.409. The van der Waals surface area contributed by atoms with Gasteiger partial charge in [-0.1, -0.05) is 11.6 Å². The minimum atomic E-state index is -3.18. The molecule has 0 amide bonds. The number of imidazole rings is 1. The van der Waals surface area contributed by atoms with Gasteiger partial charge in [-0.3, -0.25) is 0 Å². The van der Waals surface area contributed by atoms with E-state index in [2.05, 4.69) is 9.62 Å². The average molecular weight is 479 g/mol. The van der Waals surface area contributed by atoms with E-state index >= 15 is 0 Å². The number of ether oxygens (including phenoxy) is 2. The molecule has 1 saturated heterocycles. The Morgan fingerprint density at radius 3 is 2.53 bits per heavy atom. The first-order valence-electron chi connectivity index (χ1n) is 10.5. The largest absolute Gasteiger partial charge is 0.496 e. The van der Waals surface area contributed by atoms with Gasteiger partial charge in [0, 0.05) is 54.9 Å². The van der Waals surface area contributed by atoms with Gasteiger partial charge in [-0.2, -0.15) is 0 Å². The molecule has 0 spiro atoms. The Morgan fingerprint density at radius 1 is 1.16 bits per heavy atom. The molecule has 0 radical (unpaired) electrons. The zero-order valence-corrected chi connectivity index (χ0v) is 19.9. The average Bonchev–Trinajstić information content (AvgIpc) is 3.22. The number of hydrogen-bond acceptors (Lipinski definition) is 6. The molecule has 2 aromatic heterocycles. The highest BCUT2D eigenvalue weighted by molar-refractivity contribution is 7.89. The number of piperidine rings is 1. The van der Waals surface area contributed by atoms with E-state index in [9.17, 15) is 8.42 Å². The van der Waals surface area contributed by atoms with Crippen molar-refractivity contribution in [2.75, 3.05) is 38.0 Å². The SMILES string of the molecule is CCS(=O)(=O)NC1CCN(c2ccn3cc(-c4cc(Cl)c(OC)cc4OC)nc3c2)CC1. The van der Waals surface area contributed by atoms with Crippen molar-refractivity contribution in [3.63, 3.8) is 0 Å². The third kappa shape index (κ3) is 4.65. The van der Waals surface area contributed by atoms with Crippen molar-refractivity contribution >= 4 is 33.0 Å². The standard InChI is InChI=1S/C22H27ClN4O4S/c1-4-32(28,29)25-15-5-8-26(9-6-15)16-7-10-27-14-19(24-22(27)11-16)17-12-18(23)21(31-3)13-20(17)30-2/h7,10-15,25H,4-6,8-9H2,1-3H3. The molecule has 0 saturated carbocycles. The van der Waals surface area contributed by atoms with E-state index in [1.807, 2.05) is 28.9 Å². The highest BCUT2D eigenvalue weighted by Gasteiger charge is 2.23. The molecule has 4 rings (SSSR count). The Hall–Kier alpha value is -2.49. The predicted molar refractivity (Wildman–Crippen MR) is 127 cm³/mol. The lowest BCUT2D eigenvalue weighted by atomic mass is 10.1. The molecule has 1 aliphatic heterocycles. The summed E-state index contributed by atoms with van der Waals surface area (Å²) in [6.07, 6.45) is 5.45. The third-order valence-electron chi connectivity index (χ3n) is 5.78. The van der Waals surface area contributed by atoms with Crippen LogP contribution in [-0.2, 0) is 10.0 Å². The molecule has 8 nitrogen and oxygen atoms in total. The highest BCUT2D eigenvalue weighted by Crippen LogP contribution is 2.38. The normalized spacial score (nSPS) is 15.3. The molecule has 3 aromatic rings. The summed E-state index contributed by atoms with van der Waals surface area (Å²) in [7, 11) is -0.0110. The highest BCUT2D eigenvalue weighted by atomic mass is 35.5. The second kappa shape index (κ2) is 9.17. The quantitative estimate of drug-likeness (QED) is 0.558. The molecule has 1 fully saturated rings. The van der Waals surface area contributed by atoms with Gasteiger partial charge in [-0.15, -0.1) is 0 Å². The molecule has 1 N–H and O–H groups in total. The van der Waals surface area contributed by atoms with Gasteiger partial charge in [0.1, 0.15) is 17.1 Å². The second-order valence-electron chi connectivity index (χ2n) is 7.75. The zero-order valence-electron chi connectivity index (χ0n) is 18.3. The Labute approximate surface area is 193 Å². The van der Waals surface area contributed by atoms with Gasteiger partial charge in [-0.25, -0.2) is 18.1 Å². The van der Waals surface area contributed by atoms with Crippen LogP contribution >= 0.6 is 11.6 Å². The third-order valence-corrected chi connectivity index (χ3v) is 7.53. The van der Waals surface area contributed by atoms with Gasteiger partial charge >= 0.3 is 0 Å². The van der Waals surface area contributed by atoms with Gasteiger partial charge in [0.15, 0.2) is 0 Å². The fourth-order valence-electron chi connectivity index (χ4n) is 3.95. The minimum Gasteiger partial charge on any atom is -0.496 e. The predicted octanol–water partition coefficient (Wildman–Crippen LogP) is 3.58. The summed E-state index contributed by atoms with van der Waals surface area (Å²) in [5.41, 5.74) is 3.40. The van der Waals surface area contributed by atoms with Crippen molar-refractivity contribution < 1.29 is 17.9 Å². The first-order valence-corrected chi connectivity index (χ1v) is 12.5. The topological polar surface area (TPSA) is 85.2 Å². The van der Waals surface area contributed by atoms with Crippen LogP contribution in [0.5, 0.6) is 11.5 Å². The lowest BCUT2D eigenvalue weighted by Crippen LogP contribution is -2.45. The van der Waals surface area contributed by atoms with Crippen molar-refractivity contribution in [1.82, 2.24) is 14.1 Å². The molecule has 0 unspecified atom stereocenters. The van der Waals surface area contributed by atoms with Crippen LogP contribution in [0.3, 0.4) is 0 Å². The number of sulfonamides is 1. The lowest BCUT2D eigenvalue weighted by Gasteiger charge is -2.33. The van der Waals surface area contributed by atoms with Gasteiger partial charge in [-0.05, 0) is 31.9 Å². The van der Waals surface area contributed by atoms with Crippen LogP contribution in [0.1, 0.15) is 19.8 Å².